The van der Waals surface area contributed by atoms with Gasteiger partial charge in [0.25, 0.3) is 0 Å². The molecule has 136 heavy (non-hydrogen) atoms. The first-order valence-corrected chi connectivity index (χ1v) is 43.2. The van der Waals surface area contributed by atoms with Gasteiger partial charge in [-0.2, -0.15) is 40.3 Å². The number of aromatic hydroxyl groups is 2. The van der Waals surface area contributed by atoms with Gasteiger partial charge in [0, 0.05) is 102 Å². The van der Waals surface area contributed by atoms with Crippen molar-refractivity contribution in [1.82, 2.24) is 64.8 Å². The fourth-order valence-corrected chi connectivity index (χ4v) is 14.9. The van der Waals surface area contributed by atoms with Gasteiger partial charge >= 0.3 is 171 Å². The van der Waals surface area contributed by atoms with Gasteiger partial charge in [0.2, 0.25) is 0 Å². The number of rotatable bonds is 17. The summed E-state index contributed by atoms with van der Waals surface area (Å²) >= 11 is 8.51. The maximum Gasteiger partial charge on any atom is 0.0894 e. The van der Waals surface area contributed by atoms with Crippen LogP contribution in [-0.2, 0) is 95.1 Å². The second-order valence-electron chi connectivity index (χ2n) is 29.3. The van der Waals surface area contributed by atoms with E-state index in [-0.39, 0.29) is 94.0 Å². The van der Waals surface area contributed by atoms with Gasteiger partial charge in [0.05, 0.1) is 91.2 Å². The minimum atomic E-state index is 0. The van der Waals surface area contributed by atoms with Gasteiger partial charge in [-0.3, -0.25) is 19.9 Å². The van der Waals surface area contributed by atoms with Crippen molar-refractivity contribution in [3.63, 3.8) is 0 Å². The van der Waals surface area contributed by atoms with Crippen LogP contribution in [-0.4, -0.2) is 91.0 Å². The van der Waals surface area contributed by atoms with Crippen LogP contribution < -0.4 is 4.46 Å². The summed E-state index contributed by atoms with van der Waals surface area (Å²) in [5.74, 6) is 0.462. The Hall–Kier alpha value is -14.7. The van der Waals surface area contributed by atoms with Crippen molar-refractivity contribution in [2.45, 2.75) is 4.90 Å². The van der Waals surface area contributed by atoms with Gasteiger partial charge in [-0.05, 0) is 150 Å². The van der Waals surface area contributed by atoms with Gasteiger partial charge < -0.3 is 28.2 Å². The third-order valence-corrected chi connectivity index (χ3v) is 21.6. The molecule has 2 N–H and O–H groups in total. The minimum Gasteiger partial charge on any atom is -0.657 e. The second kappa shape index (κ2) is 50.4. The Bertz CT molecular complexity index is 6760. The topological polar surface area (TPSA) is 222 Å². The summed E-state index contributed by atoms with van der Waals surface area (Å²) in [7, 11) is 0. The third kappa shape index (κ3) is 26.2. The minimum absolute atomic E-state index is 0. The smallest absolute Gasteiger partial charge is 0.0894 e. The van der Waals surface area contributed by atoms with E-state index in [2.05, 4.69) is 69.1 Å². The average Bonchev–Trinajstić information content (AvgIpc) is 0.805. The first kappa shape index (κ1) is 100. The van der Waals surface area contributed by atoms with Crippen LogP contribution in [0.5, 0.6) is 11.5 Å². The number of hydrogen-bond donors (Lipinski definition) is 2. The van der Waals surface area contributed by atoms with Crippen molar-refractivity contribution in [2.75, 3.05) is 0 Å². The average molecular weight is 2070 g/mol. The molecule has 0 bridgehead atoms. The Labute approximate surface area is 853 Å². The van der Waals surface area contributed by atoms with E-state index in [0.717, 1.165) is 179 Å². The molecule has 13 heterocycles. The summed E-state index contributed by atoms with van der Waals surface area (Å²) < 4.78 is 1.09. The molecule has 16 nitrogen and oxygen atoms in total. The summed E-state index contributed by atoms with van der Waals surface area (Å²) in [4.78, 5) is 60.7. The molecule has 13 aromatic heterocycles. The SMILES string of the molecule is Oc1ccccc1-c1[c-]c(-c2[c-]c(-c3ccccn3)ccc2)ccc1.Oc1ccccc1-c1cccc(-c2cccc(-c3ccccn3)n2)n1.[Ni+2].[Ni].[Ni].[Ni].[Ni].[S-]c1ccccc1-c1cccc(-c2cccc(-c3ccccn3)n2)n1.[Se]c1ccccc1-c1cccc(-c2cccc(-c3ccccn3)n2)n1.c1ccc([N-]c2ccccc2-c2cccc(-c3cccc(-c4ccccn4)n3)n2)cc1. The Morgan fingerprint density at radius 1 is 0.206 bits per heavy atom. The normalized spacial score (nSPS) is 10.2. The molecule has 23 heteroatoms. The number of hydrogen-bond acceptors (Lipinski definition) is 16. The van der Waals surface area contributed by atoms with Crippen molar-refractivity contribution >= 4 is 44.5 Å². The summed E-state index contributed by atoms with van der Waals surface area (Å²) in [5.41, 5.74) is 27.3. The molecule has 0 spiro atoms. The van der Waals surface area contributed by atoms with Gasteiger partial charge in [-0.15, -0.1) is 46.8 Å². The Morgan fingerprint density at radius 2 is 0.456 bits per heavy atom. The van der Waals surface area contributed by atoms with E-state index >= 15 is 0 Å². The molecule has 8 aromatic carbocycles. The van der Waals surface area contributed by atoms with E-state index in [4.69, 9.17) is 47.8 Å². The number of pyridine rings is 13. The summed E-state index contributed by atoms with van der Waals surface area (Å²) in [6.45, 7) is 0. The maximum absolute atomic E-state index is 10.1. The van der Waals surface area contributed by atoms with E-state index < -0.39 is 0 Å². The standard InChI is InChI=1S/C27H19N4.C23H15NO.C21H15N3O.C21H15N3S.C21H14N3Se.5Ni/c1-2-10-20(11-3-1)29-22-13-5-4-12-21(22)23-15-8-17-26(30-23)27-18-9-16-25(31-27)24-14-6-7-19-28-24;25-23-13-2-1-11-21(23)19-9-5-7-17(15-19)18-8-6-10-20(16-18)22-12-3-4-14-24-22;3*25-21-13-2-1-7-15(21)16-9-5-11-19(23-16)20-12-6-10-18(24-20)17-8-3-4-14-22-17;;;;;/h1-19H;3*1-14,25H;1-14H;;;;;/q-1;-2;;;;;;;;+2/p-1. The van der Waals surface area contributed by atoms with E-state index in [1.807, 2.05) is 400 Å². The molecule has 0 saturated heterocycles. The van der Waals surface area contributed by atoms with Crippen LogP contribution in [0.4, 0.5) is 11.4 Å². The zero-order chi connectivity index (χ0) is 89.1. The number of aromatic nitrogens is 13. The van der Waals surface area contributed by atoms with E-state index in [0.29, 0.717) is 11.3 Å². The predicted octanol–water partition coefficient (Wildman–Crippen LogP) is 25.6. The molecule has 0 unspecified atom stereocenters. The van der Waals surface area contributed by atoms with Crippen LogP contribution in [0.1, 0.15) is 0 Å². The number of phenolic OH excluding ortho intramolecular Hbond substituents is 2. The van der Waals surface area contributed by atoms with E-state index in [9.17, 15) is 10.2 Å². The van der Waals surface area contributed by atoms with Crippen LogP contribution in [0.2, 0.25) is 0 Å². The molecule has 0 aliphatic heterocycles. The monoisotopic (exact) mass is 2060 g/mol. The van der Waals surface area contributed by atoms with Crippen molar-refractivity contribution in [2.24, 2.45) is 0 Å². The fraction of sp³-hybridized carbons (Fsp3) is 0. The molecule has 0 saturated carbocycles. The molecule has 675 valence electrons. The summed E-state index contributed by atoms with van der Waals surface area (Å²) in [5, 5.41) is 24.9. The molecule has 21 aromatic rings. The number of para-hydroxylation sites is 4. The van der Waals surface area contributed by atoms with Gasteiger partial charge in [-0.25, -0.2) is 29.9 Å². The molecule has 0 atom stereocenters. The molecular weight excluding hydrogens is 1990 g/mol. The van der Waals surface area contributed by atoms with Crippen LogP contribution in [0.3, 0.4) is 0 Å². The Balaban J connectivity index is 0.000000152. The van der Waals surface area contributed by atoms with Gasteiger partial charge in [0.1, 0.15) is 5.75 Å². The van der Waals surface area contributed by atoms with Gasteiger partial charge in [0.15, 0.2) is 0 Å². The molecule has 0 aliphatic rings. The number of benzene rings is 8. The zero-order valence-electron chi connectivity index (χ0n) is 71.9. The Kier molecular flexibility index (Phi) is 37.2. The molecular formula is C113H77N14Ni5O2SSe-2. The van der Waals surface area contributed by atoms with Crippen LogP contribution in [0, 0.1) is 12.1 Å². The van der Waals surface area contributed by atoms with Crippen molar-refractivity contribution in [3.8, 4) is 181 Å². The van der Waals surface area contributed by atoms with Crippen molar-refractivity contribution in [3.05, 3.63) is 473 Å². The fourth-order valence-electron chi connectivity index (χ4n) is 14.1. The first-order valence-electron chi connectivity index (χ1n) is 42.0. The molecule has 0 aliphatic carbocycles. The van der Waals surface area contributed by atoms with E-state index in [1.54, 1.807) is 49.2 Å². The second-order valence-corrected chi connectivity index (χ2v) is 30.6. The Morgan fingerprint density at radius 3 is 0.831 bits per heavy atom. The quantitative estimate of drug-likeness (QED) is 0.0491. The molecule has 1 radical (unpaired) electrons. The summed E-state index contributed by atoms with van der Waals surface area (Å²) in [6, 6.07) is 143. The molecule has 0 fully saturated rings. The first-order chi connectivity index (χ1) is 64.6. The molecule has 21 rings (SSSR count). The summed E-state index contributed by atoms with van der Waals surface area (Å²) in [6.07, 6.45) is 8.84. The number of phenols is 2. The predicted molar refractivity (Wildman–Crippen MR) is 526 cm³/mol. The molecule has 0 amide bonds. The largest absolute Gasteiger partial charge is 0.657 e. The zero-order valence-corrected chi connectivity index (χ0v) is 79.3. The van der Waals surface area contributed by atoms with Crippen molar-refractivity contribution < 1.29 is 92.7 Å². The van der Waals surface area contributed by atoms with Gasteiger partial charge in [-0.1, -0.05) is 176 Å². The van der Waals surface area contributed by atoms with Crippen LogP contribution in [0.15, 0.2) is 461 Å². The maximum atomic E-state index is 10.1. The van der Waals surface area contributed by atoms with Crippen LogP contribution >= 0.6 is 0 Å². The number of nitrogens with zero attached hydrogens (tertiary/aromatic N) is 14. The van der Waals surface area contributed by atoms with Crippen molar-refractivity contribution in [1.29, 1.82) is 0 Å². The van der Waals surface area contributed by atoms with Crippen LogP contribution in [0.25, 0.3) is 175 Å². The third-order valence-electron chi connectivity index (χ3n) is 20.5. The van der Waals surface area contributed by atoms with E-state index in [1.165, 1.54) is 0 Å².